The summed E-state index contributed by atoms with van der Waals surface area (Å²) in [6.07, 6.45) is 3.60. The monoisotopic (exact) mass is 248 g/mol. The Labute approximate surface area is 108 Å². The highest BCUT2D eigenvalue weighted by molar-refractivity contribution is 5.41. The van der Waals surface area contributed by atoms with Crippen LogP contribution in [-0.2, 0) is 0 Å². The number of nitrogens with one attached hydrogen (secondary N) is 1. The van der Waals surface area contributed by atoms with Crippen molar-refractivity contribution in [3.05, 3.63) is 39.9 Å². The second kappa shape index (κ2) is 5.48. The number of nitrogens with zero attached hydrogens (tertiary/aromatic N) is 1. The molecule has 2 rings (SSSR count). The third-order valence-corrected chi connectivity index (χ3v) is 3.78. The molecule has 0 heterocycles. The van der Waals surface area contributed by atoms with Gasteiger partial charge in [-0.05, 0) is 32.1 Å². The highest BCUT2D eigenvalue weighted by Gasteiger charge is 2.25. The van der Waals surface area contributed by atoms with E-state index in [4.69, 9.17) is 0 Å². The van der Waals surface area contributed by atoms with Crippen molar-refractivity contribution in [3.63, 3.8) is 0 Å². The predicted molar refractivity (Wildman–Crippen MR) is 71.5 cm³/mol. The summed E-state index contributed by atoms with van der Waals surface area (Å²) >= 11 is 0. The van der Waals surface area contributed by atoms with Gasteiger partial charge in [-0.25, -0.2) is 0 Å². The molecule has 0 spiro atoms. The van der Waals surface area contributed by atoms with Gasteiger partial charge in [0.05, 0.1) is 4.92 Å². The summed E-state index contributed by atoms with van der Waals surface area (Å²) in [5, 5.41) is 14.5. The van der Waals surface area contributed by atoms with Crippen LogP contribution < -0.4 is 5.32 Å². The molecule has 0 aliphatic heterocycles. The minimum atomic E-state index is -0.301. The normalized spacial score (nSPS) is 25.0. The lowest BCUT2D eigenvalue weighted by molar-refractivity contribution is -0.385. The fraction of sp³-hybridized carbons (Fsp3) is 0.571. The quantitative estimate of drug-likeness (QED) is 0.656. The molecule has 1 saturated carbocycles. The molecular formula is C14H20N2O2. The van der Waals surface area contributed by atoms with Crippen LogP contribution in [0.2, 0.25) is 0 Å². The lowest BCUT2D eigenvalue weighted by Crippen LogP contribution is -2.29. The number of rotatable bonds is 4. The molecule has 1 fully saturated rings. The first-order valence-corrected chi connectivity index (χ1v) is 6.57. The molecule has 0 bridgehead atoms. The van der Waals surface area contributed by atoms with Gasteiger partial charge in [-0.1, -0.05) is 25.1 Å². The zero-order valence-corrected chi connectivity index (χ0v) is 10.9. The van der Waals surface area contributed by atoms with Gasteiger partial charge in [-0.2, -0.15) is 0 Å². The summed E-state index contributed by atoms with van der Waals surface area (Å²) in [5.41, 5.74) is 0.991. The van der Waals surface area contributed by atoms with E-state index in [0.717, 1.165) is 11.5 Å². The second-order valence-electron chi connectivity index (χ2n) is 5.32. The van der Waals surface area contributed by atoms with E-state index in [-0.39, 0.29) is 16.7 Å². The van der Waals surface area contributed by atoms with Crippen LogP contribution in [0.25, 0.3) is 0 Å². The minimum Gasteiger partial charge on any atom is -0.307 e. The van der Waals surface area contributed by atoms with Crippen LogP contribution in [0, 0.1) is 16.0 Å². The summed E-state index contributed by atoms with van der Waals surface area (Å²) in [7, 11) is 0. The molecule has 1 N–H and O–H groups in total. The number of hydrogen-bond acceptors (Lipinski definition) is 3. The van der Waals surface area contributed by atoms with E-state index < -0.39 is 0 Å². The summed E-state index contributed by atoms with van der Waals surface area (Å²) in [4.78, 5) is 10.7. The molecule has 98 valence electrons. The van der Waals surface area contributed by atoms with E-state index in [9.17, 15) is 10.1 Å². The van der Waals surface area contributed by atoms with Gasteiger partial charge in [0.25, 0.3) is 5.69 Å². The zero-order valence-electron chi connectivity index (χ0n) is 10.9. The maximum absolute atomic E-state index is 11.0. The topological polar surface area (TPSA) is 55.2 Å². The third-order valence-electron chi connectivity index (χ3n) is 3.78. The van der Waals surface area contributed by atoms with E-state index in [1.807, 2.05) is 19.1 Å². The number of nitro benzene ring substituents is 1. The average Bonchev–Trinajstić information content (AvgIpc) is 2.74. The molecule has 18 heavy (non-hydrogen) atoms. The number of benzene rings is 1. The first-order chi connectivity index (χ1) is 8.58. The second-order valence-corrected chi connectivity index (χ2v) is 5.32. The van der Waals surface area contributed by atoms with E-state index in [0.29, 0.717) is 6.04 Å². The van der Waals surface area contributed by atoms with Crippen LogP contribution >= 0.6 is 0 Å². The molecule has 0 aromatic heterocycles. The standard InChI is InChI=1S/C14H20N2O2/c1-10-7-8-12(9-10)15-11(2)13-5-3-4-6-14(13)16(17)18/h3-6,10-12,15H,7-9H2,1-2H3. The fourth-order valence-corrected chi connectivity index (χ4v) is 2.82. The molecular weight excluding hydrogens is 228 g/mol. The molecule has 4 nitrogen and oxygen atoms in total. The SMILES string of the molecule is CC1CCC(NC(C)c2ccccc2[N+](=O)[O-])C1. The van der Waals surface area contributed by atoms with Gasteiger partial charge in [-0.3, -0.25) is 10.1 Å². The van der Waals surface area contributed by atoms with Gasteiger partial charge in [0.15, 0.2) is 0 Å². The first kappa shape index (κ1) is 13.0. The summed E-state index contributed by atoms with van der Waals surface area (Å²) < 4.78 is 0. The van der Waals surface area contributed by atoms with Crippen molar-refractivity contribution < 1.29 is 4.92 Å². The minimum absolute atomic E-state index is 0.0295. The molecule has 1 aromatic carbocycles. The smallest absolute Gasteiger partial charge is 0.274 e. The van der Waals surface area contributed by atoms with Crippen molar-refractivity contribution in [1.29, 1.82) is 0 Å². The Morgan fingerprint density at radius 2 is 2.11 bits per heavy atom. The molecule has 3 atom stereocenters. The van der Waals surface area contributed by atoms with Crippen molar-refractivity contribution in [2.24, 2.45) is 5.92 Å². The lowest BCUT2D eigenvalue weighted by atomic mass is 10.0. The lowest BCUT2D eigenvalue weighted by Gasteiger charge is -2.19. The average molecular weight is 248 g/mol. The predicted octanol–water partition coefficient (Wildman–Crippen LogP) is 3.43. The van der Waals surface area contributed by atoms with Crippen LogP contribution in [0.15, 0.2) is 24.3 Å². The Morgan fingerprint density at radius 3 is 2.72 bits per heavy atom. The summed E-state index contributed by atoms with van der Waals surface area (Å²) in [6.45, 7) is 4.27. The van der Waals surface area contributed by atoms with Gasteiger partial charge in [-0.15, -0.1) is 0 Å². The van der Waals surface area contributed by atoms with E-state index >= 15 is 0 Å². The molecule has 1 aromatic rings. The third kappa shape index (κ3) is 2.88. The van der Waals surface area contributed by atoms with E-state index in [2.05, 4.69) is 12.2 Å². The Morgan fingerprint density at radius 1 is 1.39 bits per heavy atom. The van der Waals surface area contributed by atoms with Crippen molar-refractivity contribution in [3.8, 4) is 0 Å². The summed E-state index contributed by atoms with van der Waals surface area (Å²) in [5.74, 6) is 0.764. The Kier molecular flexibility index (Phi) is 3.97. The van der Waals surface area contributed by atoms with Crippen molar-refractivity contribution in [2.45, 2.75) is 45.2 Å². The van der Waals surface area contributed by atoms with E-state index in [1.54, 1.807) is 12.1 Å². The molecule has 4 heteroatoms. The molecule has 3 unspecified atom stereocenters. The number of nitro groups is 1. The van der Waals surface area contributed by atoms with Crippen LogP contribution in [0.5, 0.6) is 0 Å². The van der Waals surface area contributed by atoms with Crippen LogP contribution in [0.3, 0.4) is 0 Å². The first-order valence-electron chi connectivity index (χ1n) is 6.57. The molecule has 0 amide bonds. The maximum Gasteiger partial charge on any atom is 0.274 e. The molecule has 0 radical (unpaired) electrons. The van der Waals surface area contributed by atoms with Gasteiger partial charge < -0.3 is 5.32 Å². The molecule has 1 aliphatic carbocycles. The molecule has 0 saturated heterocycles. The van der Waals surface area contributed by atoms with Crippen molar-refractivity contribution in [2.75, 3.05) is 0 Å². The van der Waals surface area contributed by atoms with Gasteiger partial charge in [0.2, 0.25) is 0 Å². The number of hydrogen-bond donors (Lipinski definition) is 1. The highest BCUT2D eigenvalue weighted by Crippen LogP contribution is 2.29. The van der Waals surface area contributed by atoms with Crippen LogP contribution in [0.1, 0.15) is 44.7 Å². The van der Waals surface area contributed by atoms with Crippen LogP contribution in [-0.4, -0.2) is 11.0 Å². The largest absolute Gasteiger partial charge is 0.307 e. The Hall–Kier alpha value is -1.42. The Balaban J connectivity index is 2.09. The summed E-state index contributed by atoms with van der Waals surface area (Å²) in [6, 6.07) is 7.51. The number of para-hydroxylation sites is 1. The molecule has 1 aliphatic rings. The maximum atomic E-state index is 11.0. The zero-order chi connectivity index (χ0) is 13.1. The van der Waals surface area contributed by atoms with Crippen LogP contribution in [0.4, 0.5) is 5.69 Å². The highest BCUT2D eigenvalue weighted by atomic mass is 16.6. The van der Waals surface area contributed by atoms with Gasteiger partial charge in [0.1, 0.15) is 0 Å². The van der Waals surface area contributed by atoms with Gasteiger partial charge >= 0.3 is 0 Å². The van der Waals surface area contributed by atoms with E-state index in [1.165, 1.54) is 19.3 Å². The Bertz CT molecular complexity index is 434. The van der Waals surface area contributed by atoms with Crippen molar-refractivity contribution in [1.82, 2.24) is 5.32 Å². The fourth-order valence-electron chi connectivity index (χ4n) is 2.82. The van der Waals surface area contributed by atoms with Crippen molar-refractivity contribution >= 4 is 5.69 Å². The van der Waals surface area contributed by atoms with Gasteiger partial charge in [0, 0.05) is 23.7 Å².